The van der Waals surface area contributed by atoms with Gasteiger partial charge in [0.2, 0.25) is 11.8 Å². The topological polar surface area (TPSA) is 57.7 Å². The van der Waals surface area contributed by atoms with Crippen molar-refractivity contribution in [1.29, 1.82) is 0 Å². The number of carbonyl (C=O) groups is 3. The van der Waals surface area contributed by atoms with E-state index in [1.165, 1.54) is 9.80 Å². The average Bonchev–Trinajstić information content (AvgIpc) is 2.94. The molecule has 0 bridgehead atoms. The Labute approximate surface area is 221 Å². The van der Waals surface area contributed by atoms with Crippen LogP contribution in [0.3, 0.4) is 0 Å². The van der Waals surface area contributed by atoms with Crippen molar-refractivity contribution in [2.24, 2.45) is 5.92 Å². The Hall–Kier alpha value is -4.42. The molecule has 182 valence electrons. The van der Waals surface area contributed by atoms with Crippen molar-refractivity contribution in [3.8, 4) is 0 Å². The Morgan fingerprint density at radius 3 is 1.51 bits per heavy atom. The molecule has 4 aromatic rings. The summed E-state index contributed by atoms with van der Waals surface area (Å²) in [6, 6.07) is 36.3. The fourth-order valence-corrected chi connectivity index (χ4v) is 5.11. The van der Waals surface area contributed by atoms with Gasteiger partial charge >= 0.3 is 0 Å². The highest BCUT2D eigenvalue weighted by atomic mass is 32.1. The van der Waals surface area contributed by atoms with Gasteiger partial charge in [-0.25, -0.2) is 0 Å². The zero-order valence-corrected chi connectivity index (χ0v) is 20.8. The van der Waals surface area contributed by atoms with Crippen LogP contribution in [0.25, 0.3) is 0 Å². The minimum Gasteiger partial charge on any atom is -0.294 e. The molecule has 37 heavy (non-hydrogen) atoms. The van der Waals surface area contributed by atoms with E-state index in [9.17, 15) is 14.4 Å². The molecule has 1 aliphatic rings. The van der Waals surface area contributed by atoms with Gasteiger partial charge in [0.15, 0.2) is 10.9 Å². The summed E-state index contributed by atoms with van der Waals surface area (Å²) in [5.41, 5.74) is 2.41. The highest BCUT2D eigenvalue weighted by molar-refractivity contribution is 7.81. The number of nitrogens with zero attached hydrogens (tertiary/aromatic N) is 2. The van der Waals surface area contributed by atoms with Gasteiger partial charge in [-0.1, -0.05) is 97.1 Å². The van der Waals surface area contributed by atoms with E-state index < -0.39 is 23.7 Å². The predicted molar refractivity (Wildman–Crippen MR) is 149 cm³/mol. The van der Waals surface area contributed by atoms with Crippen LogP contribution in [0.4, 0.5) is 11.4 Å². The molecule has 1 aliphatic heterocycles. The molecule has 5 nitrogen and oxygen atoms in total. The third-order valence-corrected chi connectivity index (χ3v) is 6.88. The fraction of sp³-hybridized carbons (Fsp3) is 0.0968. The number of hydrogen-bond acceptors (Lipinski definition) is 4. The fourth-order valence-electron chi connectivity index (χ4n) is 4.72. The summed E-state index contributed by atoms with van der Waals surface area (Å²) < 4.78 is 0. The first kappa shape index (κ1) is 24.3. The minimum absolute atomic E-state index is 0.00576. The van der Waals surface area contributed by atoms with Gasteiger partial charge in [0.1, 0.15) is 5.92 Å². The van der Waals surface area contributed by atoms with Crippen LogP contribution in [0.1, 0.15) is 28.3 Å². The van der Waals surface area contributed by atoms with Crippen LogP contribution < -0.4 is 9.80 Å². The average molecular weight is 505 g/mol. The molecule has 0 aliphatic carbocycles. The molecule has 0 spiro atoms. The first-order chi connectivity index (χ1) is 18.1. The number of benzene rings is 4. The number of hydrogen-bond donors (Lipinski definition) is 0. The summed E-state index contributed by atoms with van der Waals surface area (Å²) in [5, 5.41) is 0.0878. The molecule has 1 fully saturated rings. The number of ketones is 1. The highest BCUT2D eigenvalue weighted by Gasteiger charge is 2.49. The van der Waals surface area contributed by atoms with Crippen molar-refractivity contribution in [2.75, 3.05) is 9.80 Å². The Kier molecular flexibility index (Phi) is 7.01. The molecule has 6 heteroatoms. The SMILES string of the molecule is O=C(C[C@@H](c1ccccc1)C1C(=O)N(c2ccccc2)C(=S)N(c2ccccc2)C1=O)c1ccccc1. The maximum atomic E-state index is 14.1. The molecular formula is C31H24N2O3S. The van der Waals surface area contributed by atoms with Gasteiger partial charge in [0, 0.05) is 17.9 Å². The summed E-state index contributed by atoms with van der Waals surface area (Å²) in [6.07, 6.45) is -0.00576. The summed E-state index contributed by atoms with van der Waals surface area (Å²) >= 11 is 5.73. The lowest BCUT2D eigenvalue weighted by Crippen LogP contribution is -2.61. The lowest BCUT2D eigenvalue weighted by atomic mass is 9.79. The molecule has 1 atom stereocenters. The first-order valence-corrected chi connectivity index (χ1v) is 12.4. The van der Waals surface area contributed by atoms with Crippen molar-refractivity contribution < 1.29 is 14.4 Å². The third-order valence-electron chi connectivity index (χ3n) is 6.52. The number of Topliss-reactive ketones (excluding diaryl/α,β-unsaturated/α-hetero) is 1. The summed E-state index contributed by atoms with van der Waals surface area (Å²) in [7, 11) is 0. The zero-order valence-electron chi connectivity index (χ0n) is 19.9. The number of rotatable bonds is 7. The molecule has 4 aromatic carbocycles. The molecule has 0 saturated carbocycles. The Morgan fingerprint density at radius 2 is 1.05 bits per heavy atom. The maximum absolute atomic E-state index is 14.1. The summed E-state index contributed by atoms with van der Waals surface area (Å²) in [5.74, 6) is -2.86. The number of amides is 2. The van der Waals surface area contributed by atoms with Gasteiger partial charge in [-0.05, 0) is 42.0 Å². The van der Waals surface area contributed by atoms with Gasteiger partial charge in [-0.2, -0.15) is 0 Å². The third kappa shape index (κ3) is 4.84. The van der Waals surface area contributed by atoms with E-state index >= 15 is 0 Å². The molecule has 1 saturated heterocycles. The van der Waals surface area contributed by atoms with Crippen LogP contribution in [0.2, 0.25) is 0 Å². The van der Waals surface area contributed by atoms with Crippen molar-refractivity contribution in [3.05, 3.63) is 132 Å². The molecule has 0 N–H and O–H groups in total. The summed E-state index contributed by atoms with van der Waals surface area (Å²) in [6.45, 7) is 0. The van der Waals surface area contributed by atoms with E-state index in [0.717, 1.165) is 5.56 Å². The van der Waals surface area contributed by atoms with Gasteiger partial charge in [-0.15, -0.1) is 0 Å². The number of para-hydroxylation sites is 2. The van der Waals surface area contributed by atoms with Crippen LogP contribution in [0, 0.1) is 5.92 Å². The quantitative estimate of drug-likeness (QED) is 0.175. The molecule has 0 radical (unpaired) electrons. The van der Waals surface area contributed by atoms with E-state index in [1.807, 2.05) is 72.8 Å². The number of carbonyl (C=O) groups excluding carboxylic acids is 3. The normalized spacial score (nSPS) is 15.1. The summed E-state index contributed by atoms with van der Waals surface area (Å²) in [4.78, 5) is 44.5. The standard InChI is InChI=1S/C31H24N2O3S/c34-27(23-15-7-2-8-16-23)21-26(22-13-5-1-6-14-22)28-29(35)32(24-17-9-3-10-18-24)31(37)33(30(28)36)25-19-11-4-12-20-25/h1-20,26,28H,21H2/t26-/m0/s1. The second-order valence-electron chi connectivity index (χ2n) is 8.79. The second-order valence-corrected chi connectivity index (χ2v) is 9.15. The predicted octanol–water partition coefficient (Wildman–Crippen LogP) is 6.02. The van der Waals surface area contributed by atoms with Crippen molar-refractivity contribution in [1.82, 2.24) is 0 Å². The van der Waals surface area contributed by atoms with Gasteiger partial charge in [0.05, 0.1) is 11.4 Å². The van der Waals surface area contributed by atoms with Crippen molar-refractivity contribution >= 4 is 46.3 Å². The van der Waals surface area contributed by atoms with Gasteiger partial charge < -0.3 is 0 Å². The Bertz CT molecular complexity index is 1370. The Morgan fingerprint density at radius 1 is 0.649 bits per heavy atom. The van der Waals surface area contributed by atoms with Crippen LogP contribution in [0.5, 0.6) is 0 Å². The Balaban J connectivity index is 1.63. The van der Waals surface area contributed by atoms with E-state index in [4.69, 9.17) is 12.2 Å². The van der Waals surface area contributed by atoms with Crippen LogP contribution >= 0.6 is 12.2 Å². The van der Waals surface area contributed by atoms with Crippen LogP contribution in [0.15, 0.2) is 121 Å². The largest absolute Gasteiger partial charge is 0.294 e. The second kappa shape index (κ2) is 10.7. The number of anilines is 2. The van der Waals surface area contributed by atoms with Gasteiger partial charge in [0.25, 0.3) is 0 Å². The van der Waals surface area contributed by atoms with Gasteiger partial charge in [-0.3, -0.25) is 24.2 Å². The smallest absolute Gasteiger partial charge is 0.246 e. The molecular weight excluding hydrogens is 480 g/mol. The molecule has 2 amide bonds. The number of thiocarbonyl (C=S) groups is 1. The molecule has 0 aromatic heterocycles. The van der Waals surface area contributed by atoms with E-state index in [0.29, 0.717) is 16.9 Å². The van der Waals surface area contributed by atoms with E-state index in [2.05, 4.69) is 0 Å². The van der Waals surface area contributed by atoms with Crippen molar-refractivity contribution in [3.63, 3.8) is 0 Å². The molecule has 1 heterocycles. The minimum atomic E-state index is -1.15. The van der Waals surface area contributed by atoms with Crippen LogP contribution in [-0.4, -0.2) is 22.7 Å². The highest BCUT2D eigenvalue weighted by Crippen LogP contribution is 2.38. The zero-order chi connectivity index (χ0) is 25.8. The first-order valence-electron chi connectivity index (χ1n) is 12.0. The lowest BCUT2D eigenvalue weighted by molar-refractivity contribution is -0.133. The van der Waals surface area contributed by atoms with Crippen LogP contribution in [-0.2, 0) is 9.59 Å². The molecule has 0 unspecified atom stereocenters. The monoisotopic (exact) mass is 504 g/mol. The van der Waals surface area contributed by atoms with E-state index in [1.54, 1.807) is 48.5 Å². The van der Waals surface area contributed by atoms with Crippen molar-refractivity contribution in [2.45, 2.75) is 12.3 Å². The molecule has 5 rings (SSSR count). The van der Waals surface area contributed by atoms with E-state index in [-0.39, 0.29) is 17.3 Å². The lowest BCUT2D eigenvalue weighted by Gasteiger charge is -2.41. The maximum Gasteiger partial charge on any atom is 0.246 e.